The summed E-state index contributed by atoms with van der Waals surface area (Å²) in [7, 11) is 7.19. The molecule has 2 amide bonds. The fraction of sp³-hybridized carbons (Fsp3) is 0.588. The van der Waals surface area contributed by atoms with Crippen LogP contribution in [0.1, 0.15) is 31.9 Å². The fourth-order valence-electron chi connectivity index (χ4n) is 2.22. The largest absolute Gasteiger partial charge is 0.493 e. The fourth-order valence-corrected chi connectivity index (χ4v) is 2.22. The summed E-state index contributed by atoms with van der Waals surface area (Å²) in [5.74, 6) is 1.37. The number of urea groups is 1. The lowest BCUT2D eigenvalue weighted by atomic mass is 10.1. The number of methoxy groups -OCH3 is 2. The van der Waals surface area contributed by atoms with Crippen LogP contribution in [0.3, 0.4) is 0 Å². The summed E-state index contributed by atoms with van der Waals surface area (Å²) in [4.78, 5) is 14.0. The van der Waals surface area contributed by atoms with Crippen molar-refractivity contribution in [3.8, 4) is 11.5 Å². The highest BCUT2D eigenvalue weighted by Gasteiger charge is 2.18. The second-order valence-electron chi connectivity index (χ2n) is 5.76. The number of ether oxygens (including phenoxy) is 2. The van der Waals surface area contributed by atoms with E-state index < -0.39 is 0 Å². The normalized spacial score (nSPS) is 13.3. The molecule has 2 N–H and O–H groups in total. The number of nitrogens with one attached hydrogen (secondary N) is 2. The number of carbonyl (C=O) groups is 1. The van der Waals surface area contributed by atoms with Crippen LogP contribution in [0.25, 0.3) is 0 Å². The standard InChI is InChI=1S/C17H29N3O3/c1-7-12(2)19-17(21)18-11-14(20(3)4)13-8-9-15(22-5)16(10-13)23-6/h8-10,12,14H,7,11H2,1-6H3,(H2,18,19,21). The average Bonchev–Trinajstić information content (AvgIpc) is 2.54. The highest BCUT2D eigenvalue weighted by atomic mass is 16.5. The lowest BCUT2D eigenvalue weighted by Gasteiger charge is -2.26. The Balaban J connectivity index is 2.81. The number of likely N-dealkylation sites (N-methyl/N-ethyl adjacent to an activating group) is 1. The van der Waals surface area contributed by atoms with Gasteiger partial charge in [-0.2, -0.15) is 0 Å². The number of hydrogen-bond acceptors (Lipinski definition) is 4. The molecule has 0 radical (unpaired) electrons. The van der Waals surface area contributed by atoms with E-state index in [1.807, 2.05) is 46.1 Å². The third kappa shape index (κ3) is 5.63. The van der Waals surface area contributed by atoms with Crippen LogP contribution >= 0.6 is 0 Å². The maximum atomic E-state index is 11.9. The Morgan fingerprint density at radius 2 is 1.87 bits per heavy atom. The molecule has 6 heteroatoms. The maximum Gasteiger partial charge on any atom is 0.315 e. The van der Waals surface area contributed by atoms with Crippen molar-refractivity contribution in [1.29, 1.82) is 0 Å². The van der Waals surface area contributed by atoms with E-state index in [2.05, 4.69) is 15.5 Å². The highest BCUT2D eigenvalue weighted by molar-refractivity contribution is 5.74. The van der Waals surface area contributed by atoms with Gasteiger partial charge in [0.25, 0.3) is 0 Å². The van der Waals surface area contributed by atoms with Gasteiger partial charge in [-0.15, -0.1) is 0 Å². The molecule has 1 aromatic carbocycles. The molecule has 0 saturated heterocycles. The summed E-state index contributed by atoms with van der Waals surface area (Å²) >= 11 is 0. The van der Waals surface area contributed by atoms with Crippen LogP contribution < -0.4 is 20.1 Å². The van der Waals surface area contributed by atoms with Crippen LogP contribution in [0, 0.1) is 0 Å². The molecule has 0 aliphatic heterocycles. The third-order valence-electron chi connectivity index (χ3n) is 3.86. The molecule has 2 unspecified atom stereocenters. The average molecular weight is 323 g/mol. The van der Waals surface area contributed by atoms with Gasteiger partial charge in [-0.25, -0.2) is 4.79 Å². The minimum Gasteiger partial charge on any atom is -0.493 e. The first kappa shape index (κ1) is 19.1. The molecular weight excluding hydrogens is 294 g/mol. The lowest BCUT2D eigenvalue weighted by Crippen LogP contribution is -2.43. The summed E-state index contributed by atoms with van der Waals surface area (Å²) in [6.45, 7) is 4.53. The van der Waals surface area contributed by atoms with Gasteiger partial charge in [0.05, 0.1) is 20.3 Å². The summed E-state index contributed by atoms with van der Waals surface area (Å²) in [5.41, 5.74) is 1.05. The van der Waals surface area contributed by atoms with E-state index in [1.54, 1.807) is 14.2 Å². The first-order valence-electron chi connectivity index (χ1n) is 7.85. The predicted molar refractivity (Wildman–Crippen MR) is 92.3 cm³/mol. The number of nitrogens with zero attached hydrogens (tertiary/aromatic N) is 1. The van der Waals surface area contributed by atoms with Crippen LogP contribution in [0.5, 0.6) is 11.5 Å². The van der Waals surface area contributed by atoms with E-state index in [1.165, 1.54) is 0 Å². The predicted octanol–water partition coefficient (Wildman–Crippen LogP) is 2.40. The van der Waals surface area contributed by atoms with Crippen molar-refractivity contribution in [2.45, 2.75) is 32.4 Å². The van der Waals surface area contributed by atoms with Crippen molar-refractivity contribution in [3.63, 3.8) is 0 Å². The zero-order chi connectivity index (χ0) is 17.4. The lowest BCUT2D eigenvalue weighted by molar-refractivity contribution is 0.229. The van der Waals surface area contributed by atoms with Gasteiger partial charge in [-0.3, -0.25) is 0 Å². The van der Waals surface area contributed by atoms with Crippen LogP contribution in [0.4, 0.5) is 4.79 Å². The molecule has 0 bridgehead atoms. The Labute approximate surface area is 139 Å². The minimum atomic E-state index is -0.147. The quantitative estimate of drug-likeness (QED) is 0.771. The summed E-state index contributed by atoms with van der Waals surface area (Å²) in [6, 6.07) is 5.86. The van der Waals surface area contributed by atoms with Gasteiger partial charge >= 0.3 is 6.03 Å². The van der Waals surface area contributed by atoms with Crippen LogP contribution in [-0.4, -0.2) is 51.8 Å². The van der Waals surface area contributed by atoms with Gasteiger partial charge in [-0.1, -0.05) is 13.0 Å². The molecule has 0 heterocycles. The molecule has 0 aliphatic carbocycles. The van der Waals surface area contributed by atoms with Gasteiger partial charge in [0, 0.05) is 12.6 Å². The summed E-state index contributed by atoms with van der Waals surface area (Å²) in [6.07, 6.45) is 0.903. The molecule has 2 atom stereocenters. The molecule has 0 aromatic heterocycles. The highest BCUT2D eigenvalue weighted by Crippen LogP contribution is 2.31. The molecule has 0 saturated carbocycles. The molecule has 0 spiro atoms. The van der Waals surface area contributed by atoms with Crippen molar-refractivity contribution < 1.29 is 14.3 Å². The van der Waals surface area contributed by atoms with E-state index in [0.29, 0.717) is 18.0 Å². The SMILES string of the molecule is CCC(C)NC(=O)NCC(c1ccc(OC)c(OC)c1)N(C)C. The van der Waals surface area contributed by atoms with Crippen molar-refractivity contribution in [3.05, 3.63) is 23.8 Å². The molecule has 23 heavy (non-hydrogen) atoms. The Bertz CT molecular complexity index is 506. The van der Waals surface area contributed by atoms with Gasteiger partial charge in [-0.05, 0) is 45.1 Å². The van der Waals surface area contributed by atoms with Crippen molar-refractivity contribution >= 4 is 6.03 Å². The molecule has 130 valence electrons. The smallest absolute Gasteiger partial charge is 0.315 e. The topological polar surface area (TPSA) is 62.8 Å². The first-order valence-corrected chi connectivity index (χ1v) is 7.85. The van der Waals surface area contributed by atoms with Crippen LogP contribution in [0.15, 0.2) is 18.2 Å². The number of amides is 2. The first-order chi connectivity index (χ1) is 10.9. The molecule has 1 aromatic rings. The minimum absolute atomic E-state index is 0.0393. The second-order valence-corrected chi connectivity index (χ2v) is 5.76. The van der Waals surface area contributed by atoms with E-state index in [9.17, 15) is 4.79 Å². The maximum absolute atomic E-state index is 11.9. The number of benzene rings is 1. The summed E-state index contributed by atoms with van der Waals surface area (Å²) in [5, 5.41) is 5.83. The number of hydrogen-bond donors (Lipinski definition) is 2. The third-order valence-corrected chi connectivity index (χ3v) is 3.86. The van der Waals surface area contributed by atoms with Crippen LogP contribution in [0.2, 0.25) is 0 Å². The second kappa shape index (κ2) is 9.25. The van der Waals surface area contributed by atoms with Crippen molar-refractivity contribution in [1.82, 2.24) is 15.5 Å². The Kier molecular flexibility index (Phi) is 7.68. The Morgan fingerprint density at radius 1 is 1.22 bits per heavy atom. The Morgan fingerprint density at radius 3 is 2.39 bits per heavy atom. The molecule has 6 nitrogen and oxygen atoms in total. The van der Waals surface area contributed by atoms with Crippen LogP contribution in [-0.2, 0) is 0 Å². The van der Waals surface area contributed by atoms with Gasteiger partial charge < -0.3 is 25.0 Å². The van der Waals surface area contributed by atoms with E-state index in [-0.39, 0.29) is 18.1 Å². The zero-order valence-electron chi connectivity index (χ0n) is 15.0. The molecular formula is C17H29N3O3. The summed E-state index contributed by atoms with van der Waals surface area (Å²) < 4.78 is 10.6. The van der Waals surface area contributed by atoms with Gasteiger partial charge in [0.2, 0.25) is 0 Å². The number of carbonyl (C=O) groups excluding carboxylic acids is 1. The molecule has 1 rings (SSSR count). The zero-order valence-corrected chi connectivity index (χ0v) is 15.0. The van der Waals surface area contributed by atoms with Crippen molar-refractivity contribution in [2.75, 3.05) is 34.9 Å². The van der Waals surface area contributed by atoms with E-state index >= 15 is 0 Å². The monoisotopic (exact) mass is 323 g/mol. The van der Waals surface area contributed by atoms with Gasteiger partial charge in [0.1, 0.15) is 0 Å². The number of rotatable bonds is 8. The van der Waals surface area contributed by atoms with E-state index in [4.69, 9.17) is 9.47 Å². The molecule has 0 aliphatic rings. The van der Waals surface area contributed by atoms with Crippen molar-refractivity contribution in [2.24, 2.45) is 0 Å². The Hall–Kier alpha value is -1.95. The molecule has 0 fully saturated rings. The van der Waals surface area contributed by atoms with Gasteiger partial charge in [0.15, 0.2) is 11.5 Å². The van der Waals surface area contributed by atoms with E-state index in [0.717, 1.165) is 12.0 Å².